The summed E-state index contributed by atoms with van der Waals surface area (Å²) in [5, 5.41) is 6.13. The number of hydrogen-bond acceptors (Lipinski definition) is 4. The van der Waals surface area contributed by atoms with Crippen LogP contribution >= 0.6 is 0 Å². The van der Waals surface area contributed by atoms with Crippen molar-refractivity contribution in [3.05, 3.63) is 48.2 Å². The highest BCUT2D eigenvalue weighted by atomic mass is 16.2. The van der Waals surface area contributed by atoms with E-state index in [4.69, 9.17) is 0 Å². The average molecular weight is 307 g/mol. The Labute approximate surface area is 133 Å². The summed E-state index contributed by atoms with van der Waals surface area (Å²) in [6.07, 6.45) is 2.12. The fourth-order valence-electron chi connectivity index (χ4n) is 2.49. The zero-order valence-corrected chi connectivity index (χ0v) is 12.8. The fraction of sp³-hybridized carbons (Fsp3) is 0.235. The van der Waals surface area contributed by atoms with Crippen molar-refractivity contribution >= 4 is 28.7 Å². The molecule has 2 aromatic heterocycles. The maximum atomic E-state index is 12.1. The van der Waals surface area contributed by atoms with Gasteiger partial charge in [0.25, 0.3) is 5.91 Å². The number of aromatic nitrogens is 3. The summed E-state index contributed by atoms with van der Waals surface area (Å²) in [6.45, 7) is 0. The molecule has 1 fully saturated rings. The van der Waals surface area contributed by atoms with Gasteiger partial charge in [-0.1, -0.05) is 18.2 Å². The molecule has 0 atom stereocenters. The van der Waals surface area contributed by atoms with Crippen LogP contribution in [-0.4, -0.2) is 26.5 Å². The van der Waals surface area contributed by atoms with E-state index in [1.54, 1.807) is 6.07 Å². The average Bonchev–Trinajstić information content (AvgIpc) is 3.33. The summed E-state index contributed by atoms with van der Waals surface area (Å²) in [6, 6.07) is 13.6. The number of anilines is 2. The minimum Gasteiger partial charge on any atom is -0.348 e. The van der Waals surface area contributed by atoms with Crippen LogP contribution in [0.3, 0.4) is 0 Å². The number of aryl methyl sites for hydroxylation is 1. The van der Waals surface area contributed by atoms with Gasteiger partial charge in [-0.05, 0) is 37.1 Å². The first-order chi connectivity index (χ1) is 11.2. The summed E-state index contributed by atoms with van der Waals surface area (Å²) >= 11 is 0. The smallest absolute Gasteiger partial charge is 0.270 e. The van der Waals surface area contributed by atoms with E-state index in [1.165, 1.54) is 0 Å². The minimum atomic E-state index is -0.124. The molecule has 1 aliphatic carbocycles. The van der Waals surface area contributed by atoms with Gasteiger partial charge < -0.3 is 15.2 Å². The molecule has 0 unspecified atom stereocenters. The normalized spacial score (nSPS) is 14.0. The highest BCUT2D eigenvalue weighted by Gasteiger charge is 2.24. The number of hydrogen-bond donors (Lipinski definition) is 2. The SMILES string of the molecule is Cn1c(Nc2cccc(C(=O)NC3CC3)n2)nc2ccccc21. The van der Waals surface area contributed by atoms with Crippen LogP contribution < -0.4 is 10.6 Å². The van der Waals surface area contributed by atoms with E-state index in [0.717, 1.165) is 23.9 Å². The van der Waals surface area contributed by atoms with Crippen molar-refractivity contribution in [1.82, 2.24) is 19.9 Å². The number of benzene rings is 1. The third kappa shape index (κ3) is 2.75. The Bertz CT molecular complexity index is 882. The Morgan fingerprint density at radius 3 is 2.74 bits per heavy atom. The topological polar surface area (TPSA) is 71.8 Å². The fourth-order valence-corrected chi connectivity index (χ4v) is 2.49. The second-order valence-electron chi connectivity index (χ2n) is 5.76. The quantitative estimate of drug-likeness (QED) is 0.777. The zero-order chi connectivity index (χ0) is 15.8. The third-order valence-electron chi connectivity index (χ3n) is 3.92. The molecule has 0 bridgehead atoms. The molecule has 4 rings (SSSR count). The van der Waals surface area contributed by atoms with Crippen molar-refractivity contribution in [2.24, 2.45) is 7.05 Å². The molecule has 0 saturated heterocycles. The van der Waals surface area contributed by atoms with Crippen LogP contribution in [0.5, 0.6) is 0 Å². The molecule has 23 heavy (non-hydrogen) atoms. The number of fused-ring (bicyclic) bond motifs is 1. The molecule has 6 nitrogen and oxygen atoms in total. The number of nitrogens with one attached hydrogen (secondary N) is 2. The van der Waals surface area contributed by atoms with E-state index in [0.29, 0.717) is 23.5 Å². The van der Waals surface area contributed by atoms with Crippen molar-refractivity contribution in [2.75, 3.05) is 5.32 Å². The van der Waals surface area contributed by atoms with Gasteiger partial charge in [0, 0.05) is 13.1 Å². The highest BCUT2D eigenvalue weighted by molar-refractivity contribution is 5.93. The monoisotopic (exact) mass is 307 g/mol. The van der Waals surface area contributed by atoms with Gasteiger partial charge in [0.2, 0.25) is 5.95 Å². The van der Waals surface area contributed by atoms with Gasteiger partial charge in [-0.2, -0.15) is 0 Å². The largest absolute Gasteiger partial charge is 0.348 e. The Morgan fingerprint density at radius 2 is 1.96 bits per heavy atom. The number of nitrogens with zero attached hydrogens (tertiary/aromatic N) is 3. The number of rotatable bonds is 4. The van der Waals surface area contributed by atoms with Crippen molar-refractivity contribution < 1.29 is 4.79 Å². The van der Waals surface area contributed by atoms with Gasteiger partial charge >= 0.3 is 0 Å². The predicted molar refractivity (Wildman–Crippen MR) is 88.7 cm³/mol. The molecule has 1 amide bonds. The number of imidazole rings is 1. The van der Waals surface area contributed by atoms with Crippen LogP contribution in [0.1, 0.15) is 23.3 Å². The van der Waals surface area contributed by atoms with Crippen LogP contribution in [0.15, 0.2) is 42.5 Å². The molecule has 2 N–H and O–H groups in total. The number of amides is 1. The first kappa shape index (κ1) is 13.8. The lowest BCUT2D eigenvalue weighted by Gasteiger charge is -2.07. The maximum Gasteiger partial charge on any atom is 0.270 e. The molecule has 0 radical (unpaired) electrons. The molecule has 0 aliphatic heterocycles. The minimum absolute atomic E-state index is 0.124. The molecule has 1 aliphatic rings. The van der Waals surface area contributed by atoms with Crippen molar-refractivity contribution in [1.29, 1.82) is 0 Å². The molecular weight excluding hydrogens is 290 g/mol. The summed E-state index contributed by atoms with van der Waals surface area (Å²) < 4.78 is 1.97. The zero-order valence-electron chi connectivity index (χ0n) is 12.8. The lowest BCUT2D eigenvalue weighted by molar-refractivity contribution is 0.0946. The number of para-hydroxylation sites is 2. The van der Waals surface area contributed by atoms with Crippen molar-refractivity contribution in [3.63, 3.8) is 0 Å². The predicted octanol–water partition coefficient (Wildman–Crippen LogP) is 2.60. The van der Waals surface area contributed by atoms with Crippen LogP contribution in [0.2, 0.25) is 0 Å². The molecule has 116 valence electrons. The summed E-state index contributed by atoms with van der Waals surface area (Å²) in [7, 11) is 1.95. The molecule has 1 saturated carbocycles. The summed E-state index contributed by atoms with van der Waals surface area (Å²) in [5.41, 5.74) is 2.37. The second kappa shape index (κ2) is 5.39. The van der Waals surface area contributed by atoms with Gasteiger partial charge in [-0.3, -0.25) is 4.79 Å². The van der Waals surface area contributed by atoms with Gasteiger partial charge in [-0.25, -0.2) is 9.97 Å². The van der Waals surface area contributed by atoms with E-state index < -0.39 is 0 Å². The Kier molecular flexibility index (Phi) is 3.22. The molecule has 0 spiro atoms. The molecular formula is C17H17N5O. The van der Waals surface area contributed by atoms with Crippen LogP contribution in [-0.2, 0) is 7.05 Å². The van der Waals surface area contributed by atoms with E-state index in [2.05, 4.69) is 20.6 Å². The van der Waals surface area contributed by atoms with Crippen molar-refractivity contribution in [2.45, 2.75) is 18.9 Å². The Balaban J connectivity index is 1.60. The molecule has 3 aromatic rings. The molecule has 6 heteroatoms. The first-order valence-electron chi connectivity index (χ1n) is 7.67. The Hall–Kier alpha value is -2.89. The summed E-state index contributed by atoms with van der Waals surface area (Å²) in [4.78, 5) is 21.0. The Morgan fingerprint density at radius 1 is 1.13 bits per heavy atom. The molecule has 2 heterocycles. The van der Waals surface area contributed by atoms with Crippen molar-refractivity contribution in [3.8, 4) is 0 Å². The van der Waals surface area contributed by atoms with E-state index in [1.807, 2.05) is 48.0 Å². The molecule has 1 aromatic carbocycles. The van der Waals surface area contributed by atoms with E-state index in [-0.39, 0.29) is 5.91 Å². The van der Waals surface area contributed by atoms with Crippen LogP contribution in [0.4, 0.5) is 11.8 Å². The summed E-state index contributed by atoms with van der Waals surface area (Å²) in [5.74, 6) is 1.17. The maximum absolute atomic E-state index is 12.1. The van der Waals surface area contributed by atoms with E-state index >= 15 is 0 Å². The van der Waals surface area contributed by atoms with Crippen LogP contribution in [0.25, 0.3) is 11.0 Å². The lowest BCUT2D eigenvalue weighted by Crippen LogP contribution is -2.26. The first-order valence-corrected chi connectivity index (χ1v) is 7.67. The van der Waals surface area contributed by atoms with Gasteiger partial charge in [0.05, 0.1) is 11.0 Å². The number of pyridine rings is 1. The van der Waals surface area contributed by atoms with Gasteiger partial charge in [0.1, 0.15) is 11.5 Å². The standard InChI is InChI=1S/C17H17N5O/c1-22-14-7-3-2-5-12(14)20-17(22)21-15-8-4-6-13(19-15)16(23)18-11-9-10-11/h2-8,11H,9-10H2,1H3,(H,18,23)(H,19,20,21). The highest BCUT2D eigenvalue weighted by Crippen LogP contribution is 2.21. The number of carbonyl (C=O) groups excluding carboxylic acids is 1. The lowest BCUT2D eigenvalue weighted by atomic mass is 10.3. The van der Waals surface area contributed by atoms with Gasteiger partial charge in [-0.15, -0.1) is 0 Å². The second-order valence-corrected chi connectivity index (χ2v) is 5.76. The van der Waals surface area contributed by atoms with Crippen LogP contribution in [0, 0.1) is 0 Å². The van der Waals surface area contributed by atoms with E-state index in [9.17, 15) is 4.79 Å². The van der Waals surface area contributed by atoms with Gasteiger partial charge in [0.15, 0.2) is 0 Å². The number of carbonyl (C=O) groups is 1. The third-order valence-corrected chi connectivity index (χ3v) is 3.92.